The number of hydrogen-bond acceptors (Lipinski definition) is 0. The van der Waals surface area contributed by atoms with Crippen LogP contribution in [-0.2, 0) is 0 Å². The fourth-order valence-corrected chi connectivity index (χ4v) is 1.34. The smallest absolute Gasteiger partial charge is 0.0964 e. The second-order valence-corrected chi connectivity index (χ2v) is 3.33. The highest BCUT2D eigenvalue weighted by atomic mass is 79.9. The maximum atomic E-state index is 12.0. The Hall–Kier alpha value is 0.890. The largest absolute Gasteiger partial charge is 0.250 e. The highest BCUT2D eigenvalue weighted by Gasteiger charge is 2.20. The van der Waals surface area contributed by atoms with Crippen LogP contribution in [-0.4, -0.2) is 17.3 Å². The topological polar surface area (TPSA) is 0 Å². The van der Waals surface area contributed by atoms with E-state index in [1.165, 1.54) is 0 Å². The predicted octanol–water partition coefficient (Wildman–Crippen LogP) is 2.75. The second-order valence-electron chi connectivity index (χ2n) is 2.21. The Labute approximate surface area is 66.1 Å². The van der Waals surface area contributed by atoms with E-state index in [0.29, 0.717) is 10.7 Å². The molecule has 0 rings (SSSR count). The molecule has 0 aliphatic rings. The Morgan fingerprint density at radius 3 is 1.75 bits per heavy atom. The molecule has 8 heavy (non-hydrogen) atoms. The summed E-state index contributed by atoms with van der Waals surface area (Å²) in [6.07, 6.45) is 0. The van der Waals surface area contributed by atoms with Gasteiger partial charge in [-0.1, -0.05) is 38.8 Å². The van der Waals surface area contributed by atoms with Crippen molar-refractivity contribution >= 4 is 31.9 Å². The first-order valence-electron chi connectivity index (χ1n) is 2.36. The summed E-state index contributed by atoms with van der Waals surface area (Å²) in [5.41, 5.74) is -0.208. The van der Waals surface area contributed by atoms with Gasteiger partial charge in [-0.2, -0.15) is 0 Å². The van der Waals surface area contributed by atoms with Crippen LogP contribution >= 0.6 is 31.9 Å². The number of alkyl halides is 3. The first kappa shape index (κ1) is 8.89. The summed E-state index contributed by atoms with van der Waals surface area (Å²) in [4.78, 5) is 0. The van der Waals surface area contributed by atoms with E-state index in [-0.39, 0.29) is 12.1 Å². The number of rotatable bonds is 3. The summed E-state index contributed by atoms with van der Waals surface area (Å²) in [5, 5.41) is 1.42. The molecule has 0 N–H and O–H groups in total. The molecule has 0 bridgehead atoms. The summed E-state index contributed by atoms with van der Waals surface area (Å²) in [6.45, 7) is 1.61. The van der Waals surface area contributed by atoms with Gasteiger partial charge in [0, 0.05) is 16.1 Å². The molecule has 0 saturated heterocycles. The molecule has 0 aromatic carbocycles. The zero-order chi connectivity index (χ0) is 6.62. The Kier molecular flexibility index (Phi) is 4.26. The molecule has 0 nitrogen and oxygen atoms in total. The zero-order valence-electron chi connectivity index (χ0n) is 4.76. The van der Waals surface area contributed by atoms with E-state index >= 15 is 0 Å². The van der Waals surface area contributed by atoms with Gasteiger partial charge in [0.2, 0.25) is 0 Å². The molecule has 0 unspecified atom stereocenters. The molecule has 0 aromatic heterocycles. The van der Waals surface area contributed by atoms with Gasteiger partial charge in [0.15, 0.2) is 0 Å². The molecule has 0 heterocycles. The first-order chi connectivity index (χ1) is 3.68. The fraction of sp³-hybridized carbons (Fsp3) is 1.00. The highest BCUT2D eigenvalue weighted by molar-refractivity contribution is 9.09. The Morgan fingerprint density at radius 2 is 1.75 bits per heavy atom. The van der Waals surface area contributed by atoms with Gasteiger partial charge in [-0.05, 0) is 0 Å². The normalized spacial score (nSPS) is 12.0. The SMILES string of the molecule is CC(CF)(CBr)CBr. The average molecular weight is 248 g/mol. The molecular weight excluding hydrogens is 239 g/mol. The van der Waals surface area contributed by atoms with E-state index in [4.69, 9.17) is 0 Å². The first-order valence-corrected chi connectivity index (χ1v) is 4.61. The van der Waals surface area contributed by atoms with E-state index < -0.39 is 0 Å². The summed E-state index contributed by atoms with van der Waals surface area (Å²) >= 11 is 6.44. The Morgan fingerprint density at radius 1 is 1.38 bits per heavy atom. The molecule has 0 spiro atoms. The van der Waals surface area contributed by atoms with Crippen molar-refractivity contribution in [3.63, 3.8) is 0 Å². The average Bonchev–Trinajstić information content (AvgIpc) is 1.87. The van der Waals surface area contributed by atoms with Crippen molar-refractivity contribution in [1.82, 2.24) is 0 Å². The third kappa shape index (κ3) is 2.44. The van der Waals surface area contributed by atoms with E-state index in [9.17, 15) is 4.39 Å². The Balaban J connectivity index is 3.58. The van der Waals surface area contributed by atoms with Crippen molar-refractivity contribution in [1.29, 1.82) is 0 Å². The summed E-state index contributed by atoms with van der Waals surface area (Å²) < 4.78 is 12.0. The van der Waals surface area contributed by atoms with Gasteiger partial charge in [0.25, 0.3) is 0 Å². The van der Waals surface area contributed by atoms with E-state index in [0.717, 1.165) is 0 Å². The zero-order valence-corrected chi connectivity index (χ0v) is 7.93. The van der Waals surface area contributed by atoms with Crippen LogP contribution in [0.5, 0.6) is 0 Å². The van der Waals surface area contributed by atoms with Crippen molar-refractivity contribution in [2.24, 2.45) is 5.41 Å². The minimum Gasteiger partial charge on any atom is -0.250 e. The van der Waals surface area contributed by atoms with Crippen LogP contribution in [0.25, 0.3) is 0 Å². The van der Waals surface area contributed by atoms with E-state index in [1.807, 2.05) is 6.92 Å². The summed E-state index contributed by atoms with van der Waals surface area (Å²) in [6, 6.07) is 0. The highest BCUT2D eigenvalue weighted by Crippen LogP contribution is 2.22. The van der Waals surface area contributed by atoms with Gasteiger partial charge in [0.1, 0.15) is 0 Å². The molecular formula is C5H9Br2F. The van der Waals surface area contributed by atoms with Crippen LogP contribution in [0.15, 0.2) is 0 Å². The molecule has 0 radical (unpaired) electrons. The van der Waals surface area contributed by atoms with Gasteiger partial charge in [0.05, 0.1) is 6.67 Å². The molecule has 0 aliphatic heterocycles. The van der Waals surface area contributed by atoms with Gasteiger partial charge >= 0.3 is 0 Å². The lowest BCUT2D eigenvalue weighted by Crippen LogP contribution is -2.22. The van der Waals surface area contributed by atoms with Crippen LogP contribution in [0.1, 0.15) is 6.92 Å². The van der Waals surface area contributed by atoms with Gasteiger partial charge in [-0.25, -0.2) is 0 Å². The predicted molar refractivity (Wildman–Crippen MR) is 41.7 cm³/mol. The van der Waals surface area contributed by atoms with Gasteiger partial charge in [-0.15, -0.1) is 0 Å². The maximum Gasteiger partial charge on any atom is 0.0964 e. The van der Waals surface area contributed by atoms with Crippen molar-refractivity contribution in [3.8, 4) is 0 Å². The van der Waals surface area contributed by atoms with Crippen LogP contribution in [0.2, 0.25) is 0 Å². The molecule has 50 valence electrons. The molecule has 0 amide bonds. The lowest BCUT2D eigenvalue weighted by Gasteiger charge is -2.18. The third-order valence-electron chi connectivity index (χ3n) is 0.968. The van der Waals surface area contributed by atoms with Crippen molar-refractivity contribution < 1.29 is 4.39 Å². The number of halogens is 3. The van der Waals surface area contributed by atoms with Crippen molar-refractivity contribution in [2.45, 2.75) is 6.92 Å². The van der Waals surface area contributed by atoms with Gasteiger partial charge < -0.3 is 0 Å². The second kappa shape index (κ2) is 3.83. The quantitative estimate of drug-likeness (QED) is 0.673. The van der Waals surface area contributed by atoms with Crippen LogP contribution in [0.4, 0.5) is 4.39 Å². The summed E-state index contributed by atoms with van der Waals surface area (Å²) in [5.74, 6) is 0. The van der Waals surface area contributed by atoms with Crippen molar-refractivity contribution in [2.75, 3.05) is 17.3 Å². The van der Waals surface area contributed by atoms with Crippen LogP contribution in [0, 0.1) is 5.41 Å². The van der Waals surface area contributed by atoms with E-state index in [1.54, 1.807) is 0 Å². The minimum absolute atomic E-state index is 0.208. The summed E-state index contributed by atoms with van der Waals surface area (Å²) in [7, 11) is 0. The Bertz CT molecular complexity index is 53.2. The van der Waals surface area contributed by atoms with Crippen LogP contribution in [0.3, 0.4) is 0 Å². The monoisotopic (exact) mass is 246 g/mol. The standard InChI is InChI=1S/C5H9Br2F/c1-5(2-6,3-7)4-8/h2-4H2,1H3. The molecule has 0 fully saturated rings. The molecule has 0 saturated carbocycles. The minimum atomic E-state index is -0.274. The van der Waals surface area contributed by atoms with Crippen molar-refractivity contribution in [3.05, 3.63) is 0 Å². The van der Waals surface area contributed by atoms with Crippen LogP contribution < -0.4 is 0 Å². The van der Waals surface area contributed by atoms with E-state index in [2.05, 4.69) is 31.9 Å². The fourth-order valence-electron chi connectivity index (χ4n) is 0.107. The lowest BCUT2D eigenvalue weighted by molar-refractivity contribution is 0.301. The molecule has 0 aliphatic carbocycles. The lowest BCUT2D eigenvalue weighted by atomic mass is 9.99. The number of hydrogen-bond donors (Lipinski definition) is 0. The molecule has 0 atom stereocenters. The maximum absolute atomic E-state index is 12.0. The molecule has 0 aromatic rings. The van der Waals surface area contributed by atoms with Gasteiger partial charge in [-0.3, -0.25) is 4.39 Å². The third-order valence-corrected chi connectivity index (χ3v) is 3.68. The molecule has 3 heteroatoms.